The van der Waals surface area contributed by atoms with Gasteiger partial charge in [0.25, 0.3) is 5.91 Å². The minimum atomic E-state index is -4.40. The number of nitrogens with one attached hydrogen (secondary N) is 1. The molecule has 0 atom stereocenters. The lowest BCUT2D eigenvalue weighted by molar-refractivity contribution is -0.137. The normalized spacial score (nSPS) is 14.9. The number of carbonyl (C=O) groups is 1. The van der Waals surface area contributed by atoms with Crippen LogP contribution in [0.2, 0.25) is 0 Å². The second kappa shape index (κ2) is 9.18. The van der Waals surface area contributed by atoms with Crippen molar-refractivity contribution in [1.29, 1.82) is 0 Å². The first-order chi connectivity index (χ1) is 15.3. The number of rotatable bonds is 7. The van der Waals surface area contributed by atoms with Crippen LogP contribution in [0.15, 0.2) is 60.7 Å². The maximum Gasteiger partial charge on any atom is 0.416 e. The summed E-state index contributed by atoms with van der Waals surface area (Å²) < 4.78 is 44.0. The molecule has 4 rings (SSSR count). The first-order valence-electron chi connectivity index (χ1n) is 10.3. The van der Waals surface area contributed by atoms with Crippen LogP contribution in [0.25, 0.3) is 10.8 Å². The van der Waals surface area contributed by atoms with Crippen molar-refractivity contribution >= 4 is 16.7 Å². The van der Waals surface area contributed by atoms with Gasteiger partial charge in [0.15, 0.2) is 0 Å². The van der Waals surface area contributed by atoms with Gasteiger partial charge in [-0.05, 0) is 53.9 Å². The Morgan fingerprint density at radius 3 is 2.53 bits per heavy atom. The Kier molecular flexibility index (Phi) is 6.34. The smallest absolute Gasteiger partial charge is 0.416 e. The van der Waals surface area contributed by atoms with Gasteiger partial charge in [-0.1, -0.05) is 12.1 Å². The summed E-state index contributed by atoms with van der Waals surface area (Å²) in [6.07, 6.45) is -4.40. The van der Waals surface area contributed by atoms with E-state index < -0.39 is 11.7 Å². The molecule has 1 saturated heterocycles. The van der Waals surface area contributed by atoms with Crippen LogP contribution in [0.3, 0.4) is 0 Å². The maximum absolute atomic E-state index is 12.7. The molecule has 1 fully saturated rings. The predicted octanol–water partition coefficient (Wildman–Crippen LogP) is 4.30. The van der Waals surface area contributed by atoms with E-state index in [-0.39, 0.29) is 12.5 Å². The summed E-state index contributed by atoms with van der Waals surface area (Å²) >= 11 is 0. The number of hydrogen-bond donors (Lipinski definition) is 2. The van der Waals surface area contributed by atoms with Crippen LogP contribution in [-0.2, 0) is 6.18 Å². The van der Waals surface area contributed by atoms with E-state index in [9.17, 15) is 18.0 Å². The Morgan fingerprint density at radius 1 is 1.09 bits per heavy atom. The zero-order valence-electron chi connectivity index (χ0n) is 17.2. The van der Waals surface area contributed by atoms with Crippen molar-refractivity contribution < 1.29 is 27.8 Å². The van der Waals surface area contributed by atoms with Crippen LogP contribution in [0.4, 0.5) is 13.2 Å². The van der Waals surface area contributed by atoms with Gasteiger partial charge >= 0.3 is 6.18 Å². The fourth-order valence-electron chi connectivity index (χ4n) is 3.79. The minimum absolute atomic E-state index is 0.140. The molecule has 3 aromatic carbocycles. The molecule has 0 unspecified atom stereocenters. The minimum Gasteiger partial charge on any atom is -0.457 e. The number of benzene rings is 3. The quantitative estimate of drug-likeness (QED) is 0.570. The Morgan fingerprint density at radius 2 is 1.84 bits per heavy atom. The lowest BCUT2D eigenvalue weighted by Crippen LogP contribution is -2.52. The summed E-state index contributed by atoms with van der Waals surface area (Å²) in [6.45, 7) is 3.11. The summed E-state index contributed by atoms with van der Waals surface area (Å²) in [7, 11) is 0. The predicted molar refractivity (Wildman–Crippen MR) is 115 cm³/mol. The third-order valence-electron chi connectivity index (χ3n) is 5.51. The number of likely N-dealkylation sites (tertiary alicyclic amines) is 1. The van der Waals surface area contributed by atoms with E-state index in [1.165, 1.54) is 12.1 Å². The molecule has 8 heteroatoms. The standard InChI is InChI=1S/C24H23F3N2O3/c25-24(26,27)19-5-7-20(8-6-19)32-22-3-1-2-17-12-18(4-9-21(17)22)23(31)28-13-16-14-29(15-16)10-11-30/h1-9,12,16,30H,10-11,13-15H2,(H,28,31). The number of fused-ring (bicyclic) bond motifs is 1. The zero-order valence-corrected chi connectivity index (χ0v) is 17.2. The summed E-state index contributed by atoms with van der Waals surface area (Å²) in [6, 6.07) is 15.1. The highest BCUT2D eigenvalue weighted by molar-refractivity contribution is 5.99. The van der Waals surface area contributed by atoms with Crippen molar-refractivity contribution in [1.82, 2.24) is 10.2 Å². The van der Waals surface area contributed by atoms with Gasteiger partial charge in [0, 0.05) is 43.0 Å². The number of carbonyl (C=O) groups excluding carboxylic acids is 1. The molecular weight excluding hydrogens is 421 g/mol. The fraction of sp³-hybridized carbons (Fsp3) is 0.292. The van der Waals surface area contributed by atoms with Gasteiger partial charge in [0.1, 0.15) is 11.5 Å². The number of amides is 1. The Balaban J connectivity index is 1.42. The van der Waals surface area contributed by atoms with Gasteiger partial charge in [-0.2, -0.15) is 13.2 Å². The largest absolute Gasteiger partial charge is 0.457 e. The molecule has 5 nitrogen and oxygen atoms in total. The first-order valence-corrected chi connectivity index (χ1v) is 10.3. The van der Waals surface area contributed by atoms with Crippen LogP contribution in [0.5, 0.6) is 11.5 Å². The van der Waals surface area contributed by atoms with Crippen LogP contribution >= 0.6 is 0 Å². The third-order valence-corrected chi connectivity index (χ3v) is 5.51. The second-order valence-electron chi connectivity index (χ2n) is 7.88. The van der Waals surface area contributed by atoms with Crippen molar-refractivity contribution in [3.63, 3.8) is 0 Å². The highest BCUT2D eigenvalue weighted by Crippen LogP contribution is 2.33. The van der Waals surface area contributed by atoms with Gasteiger partial charge < -0.3 is 20.1 Å². The van der Waals surface area contributed by atoms with Gasteiger partial charge in [-0.3, -0.25) is 4.79 Å². The van der Waals surface area contributed by atoms with E-state index in [4.69, 9.17) is 9.84 Å². The van der Waals surface area contributed by atoms with Crippen LogP contribution in [-0.4, -0.2) is 48.7 Å². The van der Waals surface area contributed by atoms with Crippen molar-refractivity contribution in [3.05, 3.63) is 71.8 Å². The lowest BCUT2D eigenvalue weighted by Gasteiger charge is -2.38. The van der Waals surface area contributed by atoms with E-state index in [2.05, 4.69) is 10.2 Å². The molecule has 1 heterocycles. The van der Waals surface area contributed by atoms with E-state index >= 15 is 0 Å². The van der Waals surface area contributed by atoms with Crippen molar-refractivity contribution in [2.24, 2.45) is 5.92 Å². The molecule has 0 saturated carbocycles. The summed E-state index contributed by atoms with van der Waals surface area (Å²) in [5.41, 5.74) is -0.211. The number of ether oxygens (including phenoxy) is 1. The Hall–Kier alpha value is -3.10. The summed E-state index contributed by atoms with van der Waals surface area (Å²) in [5, 5.41) is 13.4. The fourth-order valence-corrected chi connectivity index (χ4v) is 3.79. The molecule has 1 aliphatic heterocycles. The molecule has 1 aliphatic rings. The molecule has 1 amide bonds. The molecular formula is C24H23F3N2O3. The number of nitrogens with zero attached hydrogens (tertiary/aromatic N) is 1. The van der Waals surface area contributed by atoms with Gasteiger partial charge in [0.2, 0.25) is 0 Å². The molecule has 168 valence electrons. The summed E-state index contributed by atoms with van der Waals surface area (Å²) in [5.74, 6) is 1.01. The SMILES string of the molecule is O=C(NCC1CN(CCO)C1)c1ccc2c(Oc3ccc(C(F)(F)F)cc3)cccc2c1. The molecule has 0 bridgehead atoms. The maximum atomic E-state index is 12.7. The molecule has 0 aliphatic carbocycles. The Labute approximate surface area is 183 Å². The van der Waals surface area contributed by atoms with Gasteiger partial charge in [-0.15, -0.1) is 0 Å². The van der Waals surface area contributed by atoms with E-state index in [0.717, 1.165) is 36.0 Å². The van der Waals surface area contributed by atoms with E-state index in [1.54, 1.807) is 30.3 Å². The van der Waals surface area contributed by atoms with Gasteiger partial charge in [0.05, 0.1) is 12.2 Å². The summed E-state index contributed by atoms with van der Waals surface area (Å²) in [4.78, 5) is 14.7. The molecule has 0 aromatic heterocycles. The third kappa shape index (κ3) is 5.03. The topological polar surface area (TPSA) is 61.8 Å². The van der Waals surface area contributed by atoms with Crippen LogP contribution in [0, 0.1) is 5.92 Å². The van der Waals surface area contributed by atoms with Gasteiger partial charge in [-0.25, -0.2) is 0 Å². The molecule has 0 radical (unpaired) electrons. The highest BCUT2D eigenvalue weighted by atomic mass is 19.4. The Bertz CT molecular complexity index is 1090. The van der Waals surface area contributed by atoms with Crippen molar-refractivity contribution in [3.8, 4) is 11.5 Å². The molecule has 2 N–H and O–H groups in total. The van der Waals surface area contributed by atoms with Crippen LogP contribution in [0.1, 0.15) is 15.9 Å². The second-order valence-corrected chi connectivity index (χ2v) is 7.88. The lowest BCUT2D eigenvalue weighted by atomic mass is 10.00. The molecule has 3 aromatic rings. The van der Waals surface area contributed by atoms with Crippen molar-refractivity contribution in [2.75, 3.05) is 32.8 Å². The van der Waals surface area contributed by atoms with Crippen LogP contribution < -0.4 is 10.1 Å². The highest BCUT2D eigenvalue weighted by Gasteiger charge is 2.30. The first kappa shape index (κ1) is 22.1. The number of hydrogen-bond acceptors (Lipinski definition) is 4. The average Bonchev–Trinajstić information content (AvgIpc) is 2.74. The number of β-amino-alcohol motifs (C(OH)–C–C–N with tert-alkyl or cyclic N) is 1. The average molecular weight is 444 g/mol. The monoisotopic (exact) mass is 444 g/mol. The molecule has 0 spiro atoms. The number of halogens is 3. The zero-order chi connectivity index (χ0) is 22.7. The number of aliphatic hydroxyl groups is 1. The van der Waals surface area contributed by atoms with E-state index in [1.807, 2.05) is 6.07 Å². The van der Waals surface area contributed by atoms with E-state index in [0.29, 0.717) is 36.1 Å². The van der Waals surface area contributed by atoms with Crippen molar-refractivity contribution in [2.45, 2.75) is 6.18 Å². The number of alkyl halides is 3. The number of aliphatic hydroxyl groups excluding tert-OH is 1. The molecule has 32 heavy (non-hydrogen) atoms.